The number of nitrogen functional groups attached to an aromatic ring is 1. The zero-order valence-corrected chi connectivity index (χ0v) is 11.6. The van der Waals surface area contributed by atoms with Crippen molar-refractivity contribution in [2.75, 3.05) is 5.73 Å². The predicted octanol–water partition coefficient (Wildman–Crippen LogP) is 1.28. The van der Waals surface area contributed by atoms with Crippen molar-refractivity contribution in [2.24, 2.45) is 0 Å². The number of aromatic nitrogens is 4. The third kappa shape index (κ3) is 2.23. The summed E-state index contributed by atoms with van der Waals surface area (Å²) in [6, 6.07) is 7.51. The van der Waals surface area contributed by atoms with Crippen LogP contribution in [0.15, 0.2) is 42.7 Å². The first-order valence-corrected chi connectivity index (χ1v) is 6.34. The molecule has 2 aromatic heterocycles. The van der Waals surface area contributed by atoms with Gasteiger partial charge in [0.05, 0.1) is 6.54 Å². The second-order valence-corrected chi connectivity index (χ2v) is 4.90. The van der Waals surface area contributed by atoms with Gasteiger partial charge in [0.25, 0.3) is 0 Å². The molecule has 0 fully saturated rings. The fraction of sp³-hybridized carbons (Fsp3) is 0.0909. The lowest BCUT2D eigenvalue weighted by atomic mass is 10.2. The zero-order valence-electron chi connectivity index (χ0n) is 9.99. The molecule has 0 aliphatic carbocycles. The maximum absolute atomic E-state index is 11.7. The molecule has 3 aromatic rings. The third-order valence-corrected chi connectivity index (χ3v) is 3.13. The number of benzene rings is 1. The van der Waals surface area contributed by atoms with E-state index >= 15 is 0 Å². The van der Waals surface area contributed by atoms with E-state index < -0.39 is 5.76 Å². The van der Waals surface area contributed by atoms with Gasteiger partial charge in [-0.2, -0.15) is 0 Å². The summed E-state index contributed by atoms with van der Waals surface area (Å²) in [4.78, 5) is 11.7. The van der Waals surface area contributed by atoms with Crippen LogP contribution in [-0.4, -0.2) is 20.0 Å². The Morgan fingerprint density at radius 2 is 2.15 bits per heavy atom. The highest BCUT2D eigenvalue weighted by Crippen LogP contribution is 2.20. The number of nitrogens with zero attached hydrogens (tertiary/aromatic N) is 4. The maximum atomic E-state index is 11.7. The molecule has 8 nitrogen and oxygen atoms in total. The quantitative estimate of drug-likeness (QED) is 0.765. The highest BCUT2D eigenvalue weighted by atomic mass is 79.9. The molecule has 20 heavy (non-hydrogen) atoms. The Bertz CT molecular complexity index is 806. The van der Waals surface area contributed by atoms with Gasteiger partial charge in [-0.3, -0.25) is 9.09 Å². The van der Waals surface area contributed by atoms with Crippen molar-refractivity contribution in [3.05, 3.63) is 44.9 Å². The van der Waals surface area contributed by atoms with Crippen molar-refractivity contribution in [1.29, 1.82) is 0 Å². The van der Waals surface area contributed by atoms with Crippen LogP contribution in [0.4, 0.5) is 5.82 Å². The molecule has 0 spiro atoms. The Morgan fingerprint density at radius 1 is 1.30 bits per heavy atom. The van der Waals surface area contributed by atoms with Crippen LogP contribution >= 0.6 is 15.9 Å². The van der Waals surface area contributed by atoms with Crippen molar-refractivity contribution in [3.63, 3.8) is 0 Å². The molecule has 102 valence electrons. The molecule has 0 amide bonds. The van der Waals surface area contributed by atoms with Gasteiger partial charge in [-0.25, -0.2) is 9.42 Å². The van der Waals surface area contributed by atoms with E-state index in [4.69, 9.17) is 5.73 Å². The van der Waals surface area contributed by atoms with Gasteiger partial charge in [0.1, 0.15) is 0 Å². The van der Waals surface area contributed by atoms with E-state index in [1.807, 2.05) is 24.3 Å². The smallest absolute Gasteiger partial charge is 0.379 e. The molecule has 0 bridgehead atoms. The highest BCUT2D eigenvalue weighted by Gasteiger charge is 2.20. The monoisotopic (exact) mass is 337 g/mol. The molecular weight excluding hydrogens is 330 g/mol. The minimum Gasteiger partial charge on any atom is -0.379 e. The Balaban J connectivity index is 2.04. The Labute approximate surface area is 120 Å². The van der Waals surface area contributed by atoms with Crippen LogP contribution in [-0.2, 0) is 6.54 Å². The molecule has 0 aliphatic heterocycles. The minimum atomic E-state index is -0.609. The second kappa shape index (κ2) is 4.93. The van der Waals surface area contributed by atoms with Gasteiger partial charge in [-0.05, 0) is 28.0 Å². The summed E-state index contributed by atoms with van der Waals surface area (Å²) in [5.41, 5.74) is 6.66. The van der Waals surface area contributed by atoms with Gasteiger partial charge in [-0.1, -0.05) is 33.2 Å². The average Bonchev–Trinajstić information content (AvgIpc) is 2.97. The second-order valence-electron chi connectivity index (χ2n) is 3.99. The van der Waals surface area contributed by atoms with E-state index in [2.05, 4.69) is 40.6 Å². The largest absolute Gasteiger partial charge is 0.442 e. The van der Waals surface area contributed by atoms with Gasteiger partial charge in [0, 0.05) is 4.47 Å². The van der Waals surface area contributed by atoms with E-state index in [1.54, 1.807) is 0 Å². The number of hydrogen-bond acceptors (Lipinski definition) is 7. The summed E-state index contributed by atoms with van der Waals surface area (Å²) in [5.74, 6) is -0.391. The molecular formula is C11H8BrN5O3. The molecule has 1 aromatic carbocycles. The normalized spacial score (nSPS) is 10.8. The van der Waals surface area contributed by atoms with Crippen LogP contribution < -0.4 is 11.5 Å². The topological polar surface area (TPSA) is 113 Å². The maximum Gasteiger partial charge on any atom is 0.442 e. The summed E-state index contributed by atoms with van der Waals surface area (Å²) in [6.45, 7) is 0.267. The SMILES string of the molecule is Nc1nonc1-c1noc(=O)n1Cc1cccc(Br)c1. The van der Waals surface area contributed by atoms with Crippen LogP contribution in [0, 0.1) is 0 Å². The molecule has 0 aliphatic rings. The number of rotatable bonds is 3. The third-order valence-electron chi connectivity index (χ3n) is 2.64. The first kappa shape index (κ1) is 12.6. The van der Waals surface area contributed by atoms with Gasteiger partial charge in [-0.15, -0.1) is 0 Å². The standard InChI is InChI=1S/C11H8BrN5O3/c12-7-3-1-2-6(4-7)5-17-10(16-19-11(17)18)8-9(13)15-20-14-8/h1-4H,5H2,(H2,13,15). The molecule has 0 radical (unpaired) electrons. The van der Waals surface area contributed by atoms with E-state index in [0.717, 1.165) is 10.0 Å². The lowest BCUT2D eigenvalue weighted by Crippen LogP contribution is -2.16. The lowest BCUT2D eigenvalue weighted by molar-refractivity contribution is 0.310. The summed E-state index contributed by atoms with van der Waals surface area (Å²) in [6.07, 6.45) is 0. The van der Waals surface area contributed by atoms with E-state index in [-0.39, 0.29) is 23.9 Å². The number of anilines is 1. The number of nitrogens with two attached hydrogens (primary N) is 1. The minimum absolute atomic E-state index is 0.0429. The van der Waals surface area contributed by atoms with Crippen LogP contribution in [0.5, 0.6) is 0 Å². The molecule has 0 saturated heterocycles. The summed E-state index contributed by atoms with van der Waals surface area (Å²) >= 11 is 3.37. The van der Waals surface area contributed by atoms with E-state index in [1.165, 1.54) is 4.57 Å². The molecule has 0 atom stereocenters. The zero-order chi connectivity index (χ0) is 14.1. The van der Waals surface area contributed by atoms with Crippen LogP contribution in [0.3, 0.4) is 0 Å². The fourth-order valence-electron chi connectivity index (χ4n) is 1.75. The molecule has 0 unspecified atom stereocenters. The Hall–Kier alpha value is -2.42. The Kier molecular flexibility index (Phi) is 3.11. The summed E-state index contributed by atoms with van der Waals surface area (Å²) in [7, 11) is 0. The van der Waals surface area contributed by atoms with Crippen LogP contribution in [0.25, 0.3) is 11.5 Å². The van der Waals surface area contributed by atoms with Gasteiger partial charge < -0.3 is 5.73 Å². The van der Waals surface area contributed by atoms with Crippen molar-refractivity contribution < 1.29 is 9.15 Å². The van der Waals surface area contributed by atoms with Crippen LogP contribution in [0.1, 0.15) is 5.56 Å². The Morgan fingerprint density at radius 3 is 2.85 bits per heavy atom. The van der Waals surface area contributed by atoms with Gasteiger partial charge >= 0.3 is 5.76 Å². The molecule has 3 rings (SSSR count). The fourth-order valence-corrected chi connectivity index (χ4v) is 2.19. The molecule has 2 heterocycles. The van der Waals surface area contributed by atoms with Gasteiger partial charge in [0.2, 0.25) is 5.82 Å². The lowest BCUT2D eigenvalue weighted by Gasteiger charge is -2.03. The predicted molar refractivity (Wildman–Crippen MR) is 71.7 cm³/mol. The summed E-state index contributed by atoms with van der Waals surface area (Å²) < 4.78 is 11.4. The van der Waals surface area contributed by atoms with Gasteiger partial charge in [0.15, 0.2) is 11.5 Å². The molecule has 9 heteroatoms. The van der Waals surface area contributed by atoms with E-state index in [9.17, 15) is 4.79 Å². The molecule has 0 saturated carbocycles. The first-order valence-electron chi connectivity index (χ1n) is 5.54. The average molecular weight is 338 g/mol. The van der Waals surface area contributed by atoms with Crippen molar-refractivity contribution in [3.8, 4) is 11.5 Å². The number of halogens is 1. The first-order chi connectivity index (χ1) is 9.65. The van der Waals surface area contributed by atoms with Crippen molar-refractivity contribution in [2.45, 2.75) is 6.54 Å². The summed E-state index contributed by atoms with van der Waals surface area (Å²) in [5, 5.41) is 10.7. The van der Waals surface area contributed by atoms with Crippen LogP contribution in [0.2, 0.25) is 0 Å². The molecule has 2 N–H and O–H groups in total. The highest BCUT2D eigenvalue weighted by molar-refractivity contribution is 9.10. The number of hydrogen-bond donors (Lipinski definition) is 1. The van der Waals surface area contributed by atoms with Crippen molar-refractivity contribution >= 4 is 21.7 Å². The van der Waals surface area contributed by atoms with E-state index in [0.29, 0.717) is 0 Å². The van der Waals surface area contributed by atoms with Crippen molar-refractivity contribution in [1.82, 2.24) is 20.0 Å².